The first kappa shape index (κ1) is 23.5. The van der Waals surface area contributed by atoms with E-state index in [1.165, 1.54) is 72.8 Å². The van der Waals surface area contributed by atoms with Gasteiger partial charge in [0.15, 0.2) is 0 Å². The van der Waals surface area contributed by atoms with Crippen molar-refractivity contribution in [2.45, 2.75) is 4.90 Å². The number of urea groups is 1. The maximum absolute atomic E-state index is 13.0. The van der Waals surface area contributed by atoms with Crippen molar-refractivity contribution in [3.8, 4) is 5.75 Å². The first-order valence-electron chi connectivity index (χ1n) is 9.61. The topological polar surface area (TPSA) is 110 Å². The Hall–Kier alpha value is -3.66. The third-order valence-corrected chi connectivity index (χ3v) is 6.43. The van der Waals surface area contributed by atoms with Crippen LogP contribution in [0, 0.1) is 0 Å². The Morgan fingerprint density at radius 3 is 2.12 bits per heavy atom. The molecule has 0 aliphatic carbocycles. The van der Waals surface area contributed by atoms with Crippen molar-refractivity contribution in [1.82, 2.24) is 5.32 Å². The predicted molar refractivity (Wildman–Crippen MR) is 126 cm³/mol. The number of rotatable bonds is 5. The Labute approximate surface area is 204 Å². The minimum atomic E-state index is -4.15. The monoisotopic (exact) mass is 516 g/mol. The summed E-state index contributed by atoms with van der Waals surface area (Å²) in [4.78, 5) is 38.3. The van der Waals surface area contributed by atoms with Gasteiger partial charge in [0.05, 0.1) is 5.69 Å². The van der Waals surface area contributed by atoms with E-state index in [0.717, 1.165) is 4.90 Å². The summed E-state index contributed by atoms with van der Waals surface area (Å²) in [5.41, 5.74) is 0.191. The molecule has 1 fully saturated rings. The first-order valence-corrected chi connectivity index (χ1v) is 11.8. The van der Waals surface area contributed by atoms with Crippen molar-refractivity contribution in [2.24, 2.45) is 0 Å². The highest BCUT2D eigenvalue weighted by Crippen LogP contribution is 2.25. The van der Waals surface area contributed by atoms with Gasteiger partial charge < -0.3 is 4.18 Å². The number of amides is 4. The molecule has 8 nitrogen and oxygen atoms in total. The molecule has 1 saturated heterocycles. The van der Waals surface area contributed by atoms with Crippen LogP contribution in [0.3, 0.4) is 0 Å². The third kappa shape index (κ3) is 4.96. The van der Waals surface area contributed by atoms with Crippen LogP contribution in [0.1, 0.15) is 5.56 Å². The fourth-order valence-corrected chi connectivity index (χ4v) is 4.26. The highest BCUT2D eigenvalue weighted by atomic mass is 35.5. The summed E-state index contributed by atoms with van der Waals surface area (Å²) in [5, 5.41) is 2.89. The number of imide groups is 2. The number of carbonyl (C=O) groups excluding carboxylic acids is 3. The lowest BCUT2D eigenvalue weighted by Crippen LogP contribution is -2.54. The van der Waals surface area contributed by atoms with Crippen molar-refractivity contribution in [3.63, 3.8) is 0 Å². The lowest BCUT2D eigenvalue weighted by atomic mass is 10.1. The Morgan fingerprint density at radius 1 is 0.853 bits per heavy atom. The highest BCUT2D eigenvalue weighted by Gasteiger charge is 2.36. The molecule has 11 heteroatoms. The number of nitrogens with zero attached hydrogens (tertiary/aromatic N) is 1. The van der Waals surface area contributed by atoms with Gasteiger partial charge in [-0.1, -0.05) is 35.3 Å². The van der Waals surface area contributed by atoms with Crippen molar-refractivity contribution in [3.05, 3.63) is 94.0 Å². The van der Waals surface area contributed by atoms with Gasteiger partial charge >= 0.3 is 16.1 Å². The number of barbiturate groups is 1. The van der Waals surface area contributed by atoms with Crippen molar-refractivity contribution in [1.29, 1.82) is 0 Å². The van der Waals surface area contributed by atoms with Gasteiger partial charge in [-0.25, -0.2) is 9.69 Å². The first-order chi connectivity index (χ1) is 16.1. The zero-order valence-electron chi connectivity index (χ0n) is 17.1. The number of benzene rings is 3. The molecule has 0 aromatic heterocycles. The normalized spacial score (nSPS) is 15.4. The molecular weight excluding hydrogens is 503 g/mol. The maximum atomic E-state index is 13.0. The number of hydrogen-bond acceptors (Lipinski definition) is 6. The van der Waals surface area contributed by atoms with Gasteiger partial charge in [-0.2, -0.15) is 8.42 Å². The van der Waals surface area contributed by atoms with Crippen molar-refractivity contribution in [2.75, 3.05) is 4.90 Å². The van der Waals surface area contributed by atoms with Crippen LogP contribution in [-0.2, 0) is 19.7 Å². The van der Waals surface area contributed by atoms with Crippen LogP contribution in [0.15, 0.2) is 83.3 Å². The molecule has 1 aliphatic heterocycles. The quantitative estimate of drug-likeness (QED) is 0.305. The molecule has 0 atom stereocenters. The summed E-state index contributed by atoms with van der Waals surface area (Å²) >= 11 is 11.7. The molecule has 3 aromatic rings. The molecule has 0 bridgehead atoms. The number of anilines is 1. The summed E-state index contributed by atoms with van der Waals surface area (Å²) in [5.74, 6) is -1.78. The van der Waals surface area contributed by atoms with Gasteiger partial charge in [0.2, 0.25) is 0 Å². The molecule has 0 spiro atoms. The second kappa shape index (κ2) is 9.30. The van der Waals surface area contributed by atoms with Crippen LogP contribution >= 0.6 is 23.2 Å². The van der Waals surface area contributed by atoms with E-state index in [0.29, 0.717) is 15.6 Å². The van der Waals surface area contributed by atoms with E-state index in [1.54, 1.807) is 6.07 Å². The molecule has 0 radical (unpaired) electrons. The van der Waals surface area contributed by atoms with Crippen molar-refractivity contribution >= 4 is 62.9 Å². The minimum Gasteiger partial charge on any atom is -0.379 e. The Morgan fingerprint density at radius 2 is 1.47 bits per heavy atom. The van der Waals surface area contributed by atoms with E-state index < -0.39 is 28.0 Å². The van der Waals surface area contributed by atoms with Gasteiger partial charge in [0.25, 0.3) is 11.8 Å². The van der Waals surface area contributed by atoms with Gasteiger partial charge in [0, 0.05) is 10.0 Å². The van der Waals surface area contributed by atoms with Gasteiger partial charge in [0.1, 0.15) is 16.2 Å². The SMILES string of the molecule is O=C1NC(=O)N(c2ccc(Cl)cc2)C(=O)/C1=C\c1cccc(OS(=O)(=O)c2ccc(Cl)cc2)c1. The van der Waals surface area contributed by atoms with E-state index in [1.807, 2.05) is 0 Å². The molecular formula is C23H14Cl2N2O6S. The van der Waals surface area contributed by atoms with Gasteiger partial charge in [-0.3, -0.25) is 14.9 Å². The van der Waals surface area contributed by atoms with Crippen LogP contribution in [0.4, 0.5) is 10.5 Å². The lowest BCUT2D eigenvalue weighted by Gasteiger charge is -2.26. The van der Waals surface area contributed by atoms with Gasteiger partial charge in [-0.15, -0.1) is 0 Å². The molecule has 1 heterocycles. The molecule has 3 aromatic carbocycles. The summed E-state index contributed by atoms with van der Waals surface area (Å²) in [6.07, 6.45) is 1.23. The lowest BCUT2D eigenvalue weighted by molar-refractivity contribution is -0.122. The number of nitrogens with one attached hydrogen (secondary N) is 1. The zero-order valence-corrected chi connectivity index (χ0v) is 19.4. The Kier molecular flexibility index (Phi) is 6.43. The molecule has 0 unspecified atom stereocenters. The van der Waals surface area contributed by atoms with Crippen LogP contribution < -0.4 is 14.4 Å². The fraction of sp³-hybridized carbons (Fsp3) is 0. The van der Waals surface area contributed by atoms with Crippen molar-refractivity contribution < 1.29 is 27.0 Å². The molecule has 0 saturated carbocycles. The standard InChI is InChI=1S/C23H14Cl2N2O6S/c24-15-4-8-17(9-5-15)27-22(29)20(21(28)26-23(27)30)13-14-2-1-3-18(12-14)33-34(31,32)19-10-6-16(25)7-11-19/h1-13H,(H,26,28,30)/b20-13-. The molecule has 1 N–H and O–H groups in total. The number of halogens is 2. The molecule has 34 heavy (non-hydrogen) atoms. The largest absolute Gasteiger partial charge is 0.379 e. The molecule has 1 aliphatic rings. The average Bonchev–Trinajstić information content (AvgIpc) is 2.78. The van der Waals surface area contributed by atoms with Crippen LogP contribution in [0.2, 0.25) is 10.0 Å². The summed E-state index contributed by atoms with van der Waals surface area (Å²) in [7, 11) is -4.15. The maximum Gasteiger partial charge on any atom is 0.339 e. The number of carbonyl (C=O) groups is 3. The Bertz CT molecular complexity index is 1440. The molecule has 4 amide bonds. The second-order valence-electron chi connectivity index (χ2n) is 7.00. The average molecular weight is 517 g/mol. The van der Waals surface area contributed by atoms with E-state index in [2.05, 4.69) is 5.32 Å². The van der Waals surface area contributed by atoms with E-state index >= 15 is 0 Å². The van der Waals surface area contributed by atoms with Crippen LogP contribution in [0.5, 0.6) is 5.75 Å². The van der Waals surface area contributed by atoms with E-state index in [-0.39, 0.29) is 21.9 Å². The zero-order chi connectivity index (χ0) is 24.5. The van der Waals surface area contributed by atoms with Gasteiger partial charge in [-0.05, 0) is 72.3 Å². The summed E-state index contributed by atoms with van der Waals surface area (Å²) in [6.45, 7) is 0. The predicted octanol–water partition coefficient (Wildman–Crippen LogP) is 4.43. The van der Waals surface area contributed by atoms with Crippen LogP contribution in [-0.4, -0.2) is 26.3 Å². The second-order valence-corrected chi connectivity index (χ2v) is 9.42. The summed E-state index contributed by atoms with van der Waals surface area (Å²) in [6, 6.07) is 16.2. The highest BCUT2D eigenvalue weighted by molar-refractivity contribution is 7.87. The minimum absolute atomic E-state index is 0.0430. The van der Waals surface area contributed by atoms with E-state index in [9.17, 15) is 22.8 Å². The van der Waals surface area contributed by atoms with Crippen LogP contribution in [0.25, 0.3) is 6.08 Å². The number of hydrogen-bond donors (Lipinski definition) is 1. The molecule has 172 valence electrons. The molecule has 4 rings (SSSR count). The Balaban J connectivity index is 1.63. The fourth-order valence-electron chi connectivity index (χ4n) is 3.08. The smallest absolute Gasteiger partial charge is 0.339 e. The third-order valence-electron chi connectivity index (χ3n) is 4.66. The van der Waals surface area contributed by atoms with E-state index in [4.69, 9.17) is 27.4 Å². The summed E-state index contributed by atoms with van der Waals surface area (Å²) < 4.78 is 30.2.